The lowest BCUT2D eigenvalue weighted by Crippen LogP contribution is -1.96. The molecule has 37 heavy (non-hydrogen) atoms. The molecule has 0 saturated carbocycles. The van der Waals surface area contributed by atoms with Gasteiger partial charge in [-0.15, -0.1) is 0 Å². The van der Waals surface area contributed by atoms with E-state index in [1.165, 1.54) is 0 Å². The number of para-hydroxylation sites is 1. The highest BCUT2D eigenvalue weighted by atomic mass is 15.0. The number of aromatic nitrogens is 2. The Balaban J connectivity index is 1.66. The molecule has 6 rings (SSSR count). The van der Waals surface area contributed by atoms with E-state index >= 15 is 0 Å². The number of nitriles is 3. The number of rotatable bonds is 3. The van der Waals surface area contributed by atoms with Crippen LogP contribution in [-0.4, -0.2) is 9.55 Å². The smallest absolute Gasteiger partial charge is 0.0998 e. The van der Waals surface area contributed by atoms with Gasteiger partial charge in [0.05, 0.1) is 45.9 Å². The number of fused-ring (bicyclic) bond motifs is 3. The molecule has 0 unspecified atom stereocenters. The van der Waals surface area contributed by atoms with Crippen molar-refractivity contribution in [1.82, 2.24) is 9.55 Å². The summed E-state index contributed by atoms with van der Waals surface area (Å²) in [4.78, 5) is 4.12. The van der Waals surface area contributed by atoms with Gasteiger partial charge in [0.15, 0.2) is 0 Å². The van der Waals surface area contributed by atoms with Gasteiger partial charge in [-0.1, -0.05) is 36.4 Å². The van der Waals surface area contributed by atoms with E-state index in [0.29, 0.717) is 16.7 Å². The monoisotopic (exact) mass is 471 g/mol. The molecule has 5 nitrogen and oxygen atoms in total. The Kier molecular flexibility index (Phi) is 5.20. The molecule has 0 aliphatic heterocycles. The molecule has 0 saturated heterocycles. The molecule has 0 fully saturated rings. The molecular formula is C32H17N5. The number of benzene rings is 4. The van der Waals surface area contributed by atoms with Crippen molar-refractivity contribution in [1.29, 1.82) is 15.8 Å². The van der Waals surface area contributed by atoms with Crippen LogP contribution in [0.1, 0.15) is 16.7 Å². The number of hydrogen-bond donors (Lipinski definition) is 0. The molecule has 2 heterocycles. The zero-order valence-corrected chi connectivity index (χ0v) is 19.6. The Hall–Kier alpha value is -5.70. The van der Waals surface area contributed by atoms with Crippen LogP contribution >= 0.6 is 0 Å². The summed E-state index contributed by atoms with van der Waals surface area (Å²) < 4.78 is 2.16. The second kappa shape index (κ2) is 8.82. The van der Waals surface area contributed by atoms with E-state index in [-0.39, 0.29) is 0 Å². The summed E-state index contributed by atoms with van der Waals surface area (Å²) in [7, 11) is 0. The highest BCUT2D eigenvalue weighted by Crippen LogP contribution is 2.36. The molecular weight excluding hydrogens is 454 g/mol. The van der Waals surface area contributed by atoms with Gasteiger partial charge in [0, 0.05) is 28.9 Å². The molecule has 0 atom stereocenters. The van der Waals surface area contributed by atoms with Crippen molar-refractivity contribution < 1.29 is 0 Å². The largest absolute Gasteiger partial charge is 0.309 e. The third kappa shape index (κ3) is 3.67. The summed E-state index contributed by atoms with van der Waals surface area (Å²) in [6.07, 6.45) is 3.48. The summed E-state index contributed by atoms with van der Waals surface area (Å²) >= 11 is 0. The van der Waals surface area contributed by atoms with E-state index in [1.807, 2.05) is 48.5 Å². The van der Waals surface area contributed by atoms with Gasteiger partial charge in [-0.25, -0.2) is 0 Å². The first-order chi connectivity index (χ1) is 18.2. The van der Waals surface area contributed by atoms with Gasteiger partial charge in [0.25, 0.3) is 0 Å². The first-order valence-electron chi connectivity index (χ1n) is 11.6. The predicted molar refractivity (Wildman–Crippen MR) is 144 cm³/mol. The molecule has 5 heteroatoms. The minimum absolute atomic E-state index is 0.451. The van der Waals surface area contributed by atoms with E-state index in [0.717, 1.165) is 49.7 Å². The van der Waals surface area contributed by atoms with Crippen molar-refractivity contribution in [3.8, 4) is 46.1 Å². The number of nitrogens with zero attached hydrogens (tertiary/aromatic N) is 5. The fourth-order valence-electron chi connectivity index (χ4n) is 4.89. The topological polar surface area (TPSA) is 89.2 Å². The number of pyridine rings is 1. The van der Waals surface area contributed by atoms with Gasteiger partial charge in [-0.05, 0) is 76.9 Å². The summed E-state index contributed by atoms with van der Waals surface area (Å²) in [5, 5.41) is 31.0. The van der Waals surface area contributed by atoms with Crippen molar-refractivity contribution in [2.24, 2.45) is 0 Å². The van der Waals surface area contributed by atoms with E-state index in [2.05, 4.69) is 58.1 Å². The van der Waals surface area contributed by atoms with Gasteiger partial charge in [0.2, 0.25) is 0 Å². The van der Waals surface area contributed by atoms with Crippen LogP contribution in [0.5, 0.6) is 0 Å². The minimum atomic E-state index is 0.451. The van der Waals surface area contributed by atoms with Gasteiger partial charge < -0.3 is 4.57 Å². The van der Waals surface area contributed by atoms with Gasteiger partial charge >= 0.3 is 0 Å². The maximum Gasteiger partial charge on any atom is 0.0998 e. The van der Waals surface area contributed by atoms with Crippen LogP contribution in [0.25, 0.3) is 49.7 Å². The first-order valence-corrected chi connectivity index (χ1v) is 11.6. The lowest BCUT2D eigenvalue weighted by Gasteiger charge is -2.12. The maximum atomic E-state index is 9.83. The van der Waals surface area contributed by atoms with Crippen LogP contribution in [0.3, 0.4) is 0 Å². The highest BCUT2D eigenvalue weighted by molar-refractivity contribution is 6.10. The van der Waals surface area contributed by atoms with Crippen molar-refractivity contribution in [2.75, 3.05) is 0 Å². The summed E-state index contributed by atoms with van der Waals surface area (Å²) in [5.74, 6) is 0. The molecule has 0 amide bonds. The molecule has 0 spiro atoms. The van der Waals surface area contributed by atoms with Crippen LogP contribution < -0.4 is 0 Å². The Morgan fingerprint density at radius 3 is 2.14 bits per heavy atom. The van der Waals surface area contributed by atoms with Crippen molar-refractivity contribution >= 4 is 21.8 Å². The van der Waals surface area contributed by atoms with Crippen LogP contribution in [0, 0.1) is 34.0 Å². The second-order valence-electron chi connectivity index (χ2n) is 8.68. The molecule has 2 aromatic heterocycles. The predicted octanol–water partition coefficient (Wildman–Crippen LogP) is 7.13. The SMILES string of the molecule is N#Cc1cc(-c2ccncc2)cc(-n2c3ccccc3c3ccc(-c4ccc(C#N)cc4C#N)cc32)c1. The third-order valence-corrected chi connectivity index (χ3v) is 6.57. The molecule has 0 aliphatic rings. The van der Waals surface area contributed by atoms with Crippen LogP contribution in [0.15, 0.2) is 103 Å². The normalized spacial score (nSPS) is 10.6. The molecule has 170 valence electrons. The van der Waals surface area contributed by atoms with Gasteiger partial charge in [-0.3, -0.25) is 4.98 Å². The fraction of sp³-hybridized carbons (Fsp3) is 0. The lowest BCUT2D eigenvalue weighted by atomic mass is 9.97. The zero-order chi connectivity index (χ0) is 25.4. The van der Waals surface area contributed by atoms with Crippen LogP contribution in [0.4, 0.5) is 0 Å². The van der Waals surface area contributed by atoms with Crippen molar-refractivity contribution in [3.63, 3.8) is 0 Å². The van der Waals surface area contributed by atoms with E-state index < -0.39 is 0 Å². The fourth-order valence-corrected chi connectivity index (χ4v) is 4.89. The lowest BCUT2D eigenvalue weighted by molar-refractivity contribution is 1.18. The first kappa shape index (κ1) is 21.8. The van der Waals surface area contributed by atoms with Crippen molar-refractivity contribution in [3.05, 3.63) is 120 Å². The third-order valence-electron chi connectivity index (χ3n) is 6.57. The molecule has 0 N–H and O–H groups in total. The molecule has 0 bridgehead atoms. The molecule has 0 radical (unpaired) electrons. The Morgan fingerprint density at radius 1 is 0.568 bits per heavy atom. The maximum absolute atomic E-state index is 9.83. The minimum Gasteiger partial charge on any atom is -0.309 e. The van der Waals surface area contributed by atoms with Crippen LogP contribution in [0.2, 0.25) is 0 Å². The van der Waals surface area contributed by atoms with E-state index in [4.69, 9.17) is 0 Å². The standard InChI is InChI=1S/C32H17N5/c33-18-21-5-7-28(26(13-21)20-35)24-6-8-30-29-3-1-2-4-31(29)37(32(30)17-24)27-15-22(19-34)14-25(16-27)23-9-11-36-12-10-23/h1-17H. The van der Waals surface area contributed by atoms with E-state index in [9.17, 15) is 15.8 Å². The Labute approximate surface area is 213 Å². The van der Waals surface area contributed by atoms with Crippen molar-refractivity contribution in [2.45, 2.75) is 0 Å². The Bertz CT molecular complexity index is 1960. The summed E-state index contributed by atoms with van der Waals surface area (Å²) in [5.41, 5.74) is 7.86. The van der Waals surface area contributed by atoms with Crippen LogP contribution in [-0.2, 0) is 0 Å². The zero-order valence-electron chi connectivity index (χ0n) is 19.6. The average molecular weight is 472 g/mol. The quantitative estimate of drug-likeness (QED) is 0.275. The summed E-state index contributed by atoms with van der Waals surface area (Å²) in [6.45, 7) is 0. The molecule has 6 aromatic rings. The van der Waals surface area contributed by atoms with Gasteiger partial charge in [-0.2, -0.15) is 15.8 Å². The molecule has 0 aliphatic carbocycles. The average Bonchev–Trinajstić information content (AvgIpc) is 3.30. The second-order valence-corrected chi connectivity index (χ2v) is 8.68. The Morgan fingerprint density at radius 2 is 1.35 bits per heavy atom. The van der Waals surface area contributed by atoms with Gasteiger partial charge in [0.1, 0.15) is 0 Å². The number of hydrogen-bond acceptors (Lipinski definition) is 4. The van der Waals surface area contributed by atoms with E-state index in [1.54, 1.807) is 24.5 Å². The molecule has 4 aromatic carbocycles. The summed E-state index contributed by atoms with van der Waals surface area (Å²) in [6, 6.07) is 35.9. The highest BCUT2D eigenvalue weighted by Gasteiger charge is 2.16.